The van der Waals surface area contributed by atoms with Crippen LogP contribution in [0.25, 0.3) is 17.1 Å². The van der Waals surface area contributed by atoms with E-state index in [2.05, 4.69) is 20.3 Å². The molecule has 6 nitrogen and oxygen atoms in total. The van der Waals surface area contributed by atoms with Gasteiger partial charge in [0.25, 0.3) is 0 Å². The lowest BCUT2D eigenvalue weighted by atomic mass is 10.2. The molecule has 0 amide bonds. The van der Waals surface area contributed by atoms with E-state index in [0.717, 1.165) is 17.1 Å². The average molecular weight is 384 g/mol. The van der Waals surface area contributed by atoms with Gasteiger partial charge in [-0.05, 0) is 48.6 Å². The number of aromatic amines is 1. The minimum absolute atomic E-state index is 0.540. The summed E-state index contributed by atoms with van der Waals surface area (Å²) in [5.41, 5.74) is 1.82. The number of rotatable bonds is 5. The summed E-state index contributed by atoms with van der Waals surface area (Å²) < 4.78 is 7.82. The minimum Gasteiger partial charge on any atom is -0.339 e. The summed E-state index contributed by atoms with van der Waals surface area (Å²) in [6, 6.07) is 17.2. The molecule has 0 radical (unpaired) electrons. The topological polar surface area (TPSA) is 72.5 Å². The second-order valence-electron chi connectivity index (χ2n) is 5.63. The number of hydrogen-bond acceptors (Lipinski definition) is 5. The maximum atomic E-state index is 5.90. The van der Waals surface area contributed by atoms with Crippen LogP contribution in [0.4, 0.5) is 0 Å². The smallest absolute Gasteiger partial charge is 0.227 e. The molecular weight excluding hydrogens is 370 g/mol. The number of H-pyrrole nitrogens is 1. The minimum atomic E-state index is 0.540. The standard InChI is InChI=1S/C18H14ClN5OS/c19-13-8-6-12(7-9-13)17-20-16(25-23-17)11-10-15-21-22-18(26)24(15)14-4-2-1-3-5-14/h1-9H,10-11H2,(H,22,26). The van der Waals surface area contributed by atoms with Gasteiger partial charge in [0, 0.05) is 29.1 Å². The average Bonchev–Trinajstić information content (AvgIpc) is 3.28. The van der Waals surface area contributed by atoms with Gasteiger partial charge in [-0.1, -0.05) is 35.0 Å². The lowest BCUT2D eigenvalue weighted by Crippen LogP contribution is -2.03. The molecule has 4 rings (SSSR count). The lowest BCUT2D eigenvalue weighted by Gasteiger charge is -2.05. The first kappa shape index (κ1) is 16.7. The Morgan fingerprint density at radius 1 is 1.04 bits per heavy atom. The number of hydrogen-bond donors (Lipinski definition) is 1. The Morgan fingerprint density at radius 3 is 2.58 bits per heavy atom. The first-order valence-corrected chi connectivity index (χ1v) is 8.79. The van der Waals surface area contributed by atoms with E-state index in [9.17, 15) is 0 Å². The number of benzene rings is 2. The van der Waals surface area contributed by atoms with Crippen LogP contribution in [-0.2, 0) is 12.8 Å². The van der Waals surface area contributed by atoms with Crippen LogP contribution in [0.15, 0.2) is 59.1 Å². The Labute approximate surface area is 159 Å². The van der Waals surface area contributed by atoms with Crippen LogP contribution in [0.2, 0.25) is 5.02 Å². The Balaban J connectivity index is 1.52. The summed E-state index contributed by atoms with van der Waals surface area (Å²) in [4.78, 5) is 4.44. The SMILES string of the molecule is S=c1[nH]nc(CCc2nc(-c3ccc(Cl)cc3)no2)n1-c1ccccc1. The molecule has 2 heterocycles. The highest BCUT2D eigenvalue weighted by Gasteiger charge is 2.12. The molecule has 1 N–H and O–H groups in total. The van der Waals surface area contributed by atoms with Crippen molar-refractivity contribution in [2.75, 3.05) is 0 Å². The predicted octanol–water partition coefficient (Wildman–Crippen LogP) is 4.42. The van der Waals surface area contributed by atoms with E-state index in [1.54, 1.807) is 12.1 Å². The van der Waals surface area contributed by atoms with E-state index in [4.69, 9.17) is 28.3 Å². The monoisotopic (exact) mass is 383 g/mol. The number of nitrogens with zero attached hydrogens (tertiary/aromatic N) is 4. The molecule has 0 unspecified atom stereocenters. The van der Waals surface area contributed by atoms with Gasteiger partial charge < -0.3 is 4.52 Å². The van der Waals surface area contributed by atoms with Gasteiger partial charge in [0.1, 0.15) is 5.82 Å². The number of halogens is 1. The maximum Gasteiger partial charge on any atom is 0.227 e. The van der Waals surface area contributed by atoms with Crippen molar-refractivity contribution in [3.8, 4) is 17.1 Å². The van der Waals surface area contributed by atoms with Crippen LogP contribution in [0.3, 0.4) is 0 Å². The van der Waals surface area contributed by atoms with Gasteiger partial charge in [-0.3, -0.25) is 9.67 Å². The van der Waals surface area contributed by atoms with E-state index < -0.39 is 0 Å². The van der Waals surface area contributed by atoms with Crippen molar-refractivity contribution in [1.82, 2.24) is 24.9 Å². The molecule has 2 aromatic heterocycles. The van der Waals surface area contributed by atoms with Crippen molar-refractivity contribution in [1.29, 1.82) is 0 Å². The van der Waals surface area contributed by atoms with Crippen LogP contribution < -0.4 is 0 Å². The molecule has 0 saturated carbocycles. The zero-order chi connectivity index (χ0) is 17.9. The van der Waals surface area contributed by atoms with Crippen molar-refractivity contribution in [2.45, 2.75) is 12.8 Å². The van der Waals surface area contributed by atoms with Gasteiger partial charge in [0.2, 0.25) is 11.7 Å². The fraction of sp³-hybridized carbons (Fsp3) is 0.111. The van der Waals surface area contributed by atoms with E-state index in [1.807, 2.05) is 47.0 Å². The molecule has 0 bridgehead atoms. The molecule has 0 saturated heterocycles. The van der Waals surface area contributed by atoms with E-state index >= 15 is 0 Å². The first-order valence-electron chi connectivity index (χ1n) is 8.01. The third-order valence-electron chi connectivity index (χ3n) is 3.89. The zero-order valence-electron chi connectivity index (χ0n) is 13.6. The molecule has 130 valence electrons. The Kier molecular flexibility index (Phi) is 4.64. The van der Waals surface area contributed by atoms with Crippen LogP contribution in [0, 0.1) is 4.77 Å². The largest absolute Gasteiger partial charge is 0.339 e. The molecule has 0 aliphatic carbocycles. The fourth-order valence-corrected chi connectivity index (χ4v) is 3.01. The van der Waals surface area contributed by atoms with E-state index in [-0.39, 0.29) is 0 Å². The zero-order valence-corrected chi connectivity index (χ0v) is 15.2. The quantitative estimate of drug-likeness (QED) is 0.516. The second kappa shape index (κ2) is 7.23. The number of aromatic nitrogens is 5. The summed E-state index contributed by atoms with van der Waals surface area (Å²) in [7, 11) is 0. The van der Waals surface area contributed by atoms with Crippen LogP contribution >= 0.6 is 23.8 Å². The Hall–Kier alpha value is -2.77. The molecular formula is C18H14ClN5OS. The fourth-order valence-electron chi connectivity index (χ4n) is 2.63. The van der Waals surface area contributed by atoms with Crippen molar-refractivity contribution >= 4 is 23.8 Å². The summed E-state index contributed by atoms with van der Waals surface area (Å²) in [5.74, 6) is 1.90. The highest BCUT2D eigenvalue weighted by Crippen LogP contribution is 2.19. The van der Waals surface area contributed by atoms with Crippen LogP contribution in [0.5, 0.6) is 0 Å². The maximum absolute atomic E-state index is 5.90. The Bertz CT molecular complexity index is 1070. The molecule has 0 atom stereocenters. The van der Waals surface area contributed by atoms with Crippen molar-refractivity contribution < 1.29 is 4.52 Å². The number of aryl methyl sites for hydroxylation is 2. The van der Waals surface area contributed by atoms with E-state index in [1.165, 1.54) is 0 Å². The van der Waals surface area contributed by atoms with Gasteiger partial charge in [0.05, 0.1) is 0 Å². The van der Waals surface area contributed by atoms with Gasteiger partial charge >= 0.3 is 0 Å². The molecule has 4 aromatic rings. The van der Waals surface area contributed by atoms with E-state index in [0.29, 0.717) is 34.4 Å². The summed E-state index contributed by atoms with van der Waals surface area (Å²) >= 11 is 11.3. The third-order valence-corrected chi connectivity index (χ3v) is 4.42. The number of nitrogens with one attached hydrogen (secondary N) is 1. The van der Waals surface area contributed by atoms with Gasteiger partial charge in [-0.25, -0.2) is 0 Å². The third kappa shape index (κ3) is 3.44. The second-order valence-corrected chi connectivity index (χ2v) is 6.46. The lowest BCUT2D eigenvalue weighted by molar-refractivity contribution is 0.378. The molecule has 0 spiro atoms. The van der Waals surface area contributed by atoms with Crippen LogP contribution in [0.1, 0.15) is 11.7 Å². The molecule has 2 aromatic carbocycles. The molecule has 0 fully saturated rings. The highest BCUT2D eigenvalue weighted by molar-refractivity contribution is 7.71. The Morgan fingerprint density at radius 2 is 1.81 bits per heavy atom. The molecule has 8 heteroatoms. The van der Waals surface area contributed by atoms with Crippen molar-refractivity contribution in [2.24, 2.45) is 0 Å². The molecule has 0 aliphatic heterocycles. The van der Waals surface area contributed by atoms with Crippen molar-refractivity contribution in [3.05, 3.63) is 76.1 Å². The number of para-hydroxylation sites is 1. The summed E-state index contributed by atoms with van der Waals surface area (Å²) in [6.45, 7) is 0. The first-order chi connectivity index (χ1) is 12.7. The predicted molar refractivity (Wildman–Crippen MR) is 101 cm³/mol. The molecule has 26 heavy (non-hydrogen) atoms. The van der Waals surface area contributed by atoms with Crippen molar-refractivity contribution in [3.63, 3.8) is 0 Å². The normalized spacial score (nSPS) is 11.0. The van der Waals surface area contributed by atoms with Crippen LogP contribution in [-0.4, -0.2) is 24.9 Å². The summed E-state index contributed by atoms with van der Waals surface area (Å²) in [6.07, 6.45) is 1.18. The highest BCUT2D eigenvalue weighted by atomic mass is 35.5. The van der Waals surface area contributed by atoms with Gasteiger partial charge in [-0.15, -0.1) is 0 Å². The molecule has 0 aliphatic rings. The summed E-state index contributed by atoms with van der Waals surface area (Å²) in [5, 5.41) is 11.9. The van der Waals surface area contributed by atoms with Gasteiger partial charge in [-0.2, -0.15) is 10.1 Å². The van der Waals surface area contributed by atoms with Gasteiger partial charge in [0.15, 0.2) is 4.77 Å².